The summed E-state index contributed by atoms with van der Waals surface area (Å²) in [5.41, 5.74) is 5.58. The summed E-state index contributed by atoms with van der Waals surface area (Å²) in [6.07, 6.45) is 6.27. The summed E-state index contributed by atoms with van der Waals surface area (Å²) in [5.74, 6) is 0. The summed E-state index contributed by atoms with van der Waals surface area (Å²) in [4.78, 5) is 0. The third-order valence-corrected chi connectivity index (χ3v) is 2.24. The number of nitrogens with two attached hydrogens (primary N) is 1. The minimum atomic E-state index is 0.200. The molecule has 0 bridgehead atoms. The molecule has 3 heteroatoms. The van der Waals surface area contributed by atoms with Crippen LogP contribution in [-0.4, -0.2) is 30.8 Å². The van der Waals surface area contributed by atoms with Crippen molar-refractivity contribution in [2.24, 2.45) is 5.73 Å². The lowest BCUT2D eigenvalue weighted by Crippen LogP contribution is -2.37. The van der Waals surface area contributed by atoms with Crippen molar-refractivity contribution in [3.63, 3.8) is 0 Å². The molecule has 1 unspecified atom stereocenters. The Labute approximate surface area is 81.7 Å². The van der Waals surface area contributed by atoms with E-state index in [2.05, 4.69) is 12.2 Å². The van der Waals surface area contributed by atoms with E-state index in [9.17, 15) is 0 Å². The van der Waals surface area contributed by atoms with Crippen molar-refractivity contribution in [3.05, 3.63) is 0 Å². The number of hydrogen-bond donors (Lipinski definition) is 3. The van der Waals surface area contributed by atoms with Gasteiger partial charge < -0.3 is 16.2 Å². The van der Waals surface area contributed by atoms with E-state index in [0.717, 1.165) is 6.42 Å². The van der Waals surface area contributed by atoms with Crippen LogP contribution < -0.4 is 11.1 Å². The van der Waals surface area contributed by atoms with Gasteiger partial charge in [-0.15, -0.1) is 0 Å². The fourth-order valence-corrected chi connectivity index (χ4v) is 1.39. The Morgan fingerprint density at radius 2 is 2.08 bits per heavy atom. The third kappa shape index (κ3) is 8.22. The largest absolute Gasteiger partial charge is 0.395 e. The van der Waals surface area contributed by atoms with Crippen LogP contribution in [0.15, 0.2) is 0 Å². The van der Waals surface area contributed by atoms with Gasteiger partial charge >= 0.3 is 0 Å². The molecule has 4 N–H and O–H groups in total. The molecule has 0 aliphatic rings. The van der Waals surface area contributed by atoms with Gasteiger partial charge in [0.1, 0.15) is 0 Å². The monoisotopic (exact) mass is 188 g/mol. The van der Waals surface area contributed by atoms with E-state index in [4.69, 9.17) is 10.8 Å². The second-order valence-corrected chi connectivity index (χ2v) is 3.46. The zero-order valence-corrected chi connectivity index (χ0v) is 8.76. The summed E-state index contributed by atoms with van der Waals surface area (Å²) in [6, 6.07) is 0.393. The Kier molecular flexibility index (Phi) is 9.87. The fraction of sp³-hybridized carbons (Fsp3) is 1.00. The first-order chi connectivity index (χ1) is 6.35. The molecule has 3 nitrogen and oxygen atoms in total. The van der Waals surface area contributed by atoms with E-state index in [-0.39, 0.29) is 6.61 Å². The molecule has 1 atom stereocenters. The molecule has 80 valence electrons. The highest BCUT2D eigenvalue weighted by molar-refractivity contribution is 4.66. The van der Waals surface area contributed by atoms with E-state index >= 15 is 0 Å². The molecule has 0 fully saturated rings. The lowest BCUT2D eigenvalue weighted by molar-refractivity contribution is 0.281. The molecule has 0 aromatic rings. The summed E-state index contributed by atoms with van der Waals surface area (Å²) >= 11 is 0. The topological polar surface area (TPSA) is 58.3 Å². The summed E-state index contributed by atoms with van der Waals surface area (Å²) < 4.78 is 0. The highest BCUT2D eigenvalue weighted by Gasteiger charge is 2.03. The number of aliphatic hydroxyl groups is 1. The van der Waals surface area contributed by atoms with Crippen molar-refractivity contribution in [1.29, 1.82) is 0 Å². The predicted molar refractivity (Wildman–Crippen MR) is 56.7 cm³/mol. The molecule has 0 spiro atoms. The zero-order valence-electron chi connectivity index (χ0n) is 8.76. The Hall–Kier alpha value is -0.120. The molecular weight excluding hydrogens is 164 g/mol. The van der Waals surface area contributed by atoms with Gasteiger partial charge in [-0.2, -0.15) is 0 Å². The zero-order chi connectivity index (χ0) is 9.94. The van der Waals surface area contributed by atoms with Crippen molar-refractivity contribution in [3.8, 4) is 0 Å². The molecule has 0 aromatic carbocycles. The molecule has 0 heterocycles. The van der Waals surface area contributed by atoms with Crippen LogP contribution in [-0.2, 0) is 0 Å². The Morgan fingerprint density at radius 1 is 1.31 bits per heavy atom. The quantitative estimate of drug-likeness (QED) is 0.470. The van der Waals surface area contributed by atoms with Crippen LogP contribution in [0.3, 0.4) is 0 Å². The maximum Gasteiger partial charge on any atom is 0.0556 e. The van der Waals surface area contributed by atoms with Crippen LogP contribution in [0.1, 0.15) is 39.0 Å². The molecule has 0 saturated carbocycles. The van der Waals surface area contributed by atoms with E-state index < -0.39 is 0 Å². The number of unbranched alkanes of at least 4 members (excludes halogenated alkanes) is 3. The number of aliphatic hydroxyl groups excluding tert-OH is 1. The van der Waals surface area contributed by atoms with E-state index in [1.165, 1.54) is 25.7 Å². The van der Waals surface area contributed by atoms with Crippen LogP contribution in [0.25, 0.3) is 0 Å². The van der Waals surface area contributed by atoms with Crippen molar-refractivity contribution >= 4 is 0 Å². The van der Waals surface area contributed by atoms with Gasteiger partial charge in [-0.05, 0) is 6.42 Å². The lowest BCUT2D eigenvalue weighted by Gasteiger charge is -2.15. The van der Waals surface area contributed by atoms with Gasteiger partial charge in [0, 0.05) is 19.1 Å². The number of nitrogens with one attached hydrogen (secondary N) is 1. The Bertz CT molecular complexity index is 98.9. The standard InChI is InChI=1S/C10H24N2O/c1-2-3-4-5-6-10(9-11)12-7-8-13/h10,12-13H,2-9,11H2,1H3. The van der Waals surface area contributed by atoms with Crippen LogP contribution in [0, 0.1) is 0 Å². The third-order valence-electron chi connectivity index (χ3n) is 2.24. The van der Waals surface area contributed by atoms with Crippen LogP contribution in [0.5, 0.6) is 0 Å². The molecule has 0 aliphatic heterocycles. The number of hydrogen-bond acceptors (Lipinski definition) is 3. The average molecular weight is 188 g/mol. The second-order valence-electron chi connectivity index (χ2n) is 3.46. The SMILES string of the molecule is CCCCCCC(CN)NCCO. The van der Waals surface area contributed by atoms with Crippen LogP contribution >= 0.6 is 0 Å². The molecule has 0 aromatic heterocycles. The second kappa shape index (κ2) is 9.96. The van der Waals surface area contributed by atoms with Gasteiger partial charge in [0.2, 0.25) is 0 Å². The summed E-state index contributed by atoms with van der Waals surface area (Å²) in [5, 5.41) is 11.8. The van der Waals surface area contributed by atoms with Gasteiger partial charge in [0.25, 0.3) is 0 Å². The molecular formula is C10H24N2O. The lowest BCUT2D eigenvalue weighted by atomic mass is 10.1. The molecule has 13 heavy (non-hydrogen) atoms. The maximum atomic E-state index is 8.62. The van der Waals surface area contributed by atoms with Crippen LogP contribution in [0.2, 0.25) is 0 Å². The van der Waals surface area contributed by atoms with E-state index in [1.54, 1.807) is 0 Å². The fourth-order valence-electron chi connectivity index (χ4n) is 1.39. The summed E-state index contributed by atoms with van der Waals surface area (Å²) in [7, 11) is 0. The van der Waals surface area contributed by atoms with Gasteiger partial charge in [-0.3, -0.25) is 0 Å². The van der Waals surface area contributed by atoms with Crippen molar-refractivity contribution in [1.82, 2.24) is 5.32 Å². The Morgan fingerprint density at radius 3 is 2.62 bits per heavy atom. The maximum absolute atomic E-state index is 8.62. The highest BCUT2D eigenvalue weighted by Crippen LogP contribution is 2.04. The smallest absolute Gasteiger partial charge is 0.0556 e. The normalized spacial score (nSPS) is 13.2. The van der Waals surface area contributed by atoms with Crippen molar-refractivity contribution in [2.75, 3.05) is 19.7 Å². The molecule has 0 aliphatic carbocycles. The van der Waals surface area contributed by atoms with E-state index in [1.807, 2.05) is 0 Å². The minimum Gasteiger partial charge on any atom is -0.395 e. The number of rotatable bonds is 9. The van der Waals surface area contributed by atoms with Gasteiger partial charge in [-0.1, -0.05) is 32.6 Å². The van der Waals surface area contributed by atoms with Crippen molar-refractivity contribution < 1.29 is 5.11 Å². The first-order valence-electron chi connectivity index (χ1n) is 5.39. The van der Waals surface area contributed by atoms with Gasteiger partial charge in [-0.25, -0.2) is 0 Å². The average Bonchev–Trinajstić information content (AvgIpc) is 2.17. The summed E-state index contributed by atoms with van der Waals surface area (Å²) in [6.45, 7) is 3.75. The first kappa shape index (κ1) is 12.9. The van der Waals surface area contributed by atoms with Crippen molar-refractivity contribution in [2.45, 2.75) is 45.1 Å². The van der Waals surface area contributed by atoms with Crippen LogP contribution in [0.4, 0.5) is 0 Å². The minimum absolute atomic E-state index is 0.200. The molecule has 0 saturated heterocycles. The predicted octanol–water partition coefficient (Wildman–Crippen LogP) is 0.866. The van der Waals surface area contributed by atoms with E-state index in [0.29, 0.717) is 19.1 Å². The molecule has 0 radical (unpaired) electrons. The molecule has 0 amide bonds. The Balaban J connectivity index is 3.25. The van der Waals surface area contributed by atoms with Gasteiger partial charge in [0.15, 0.2) is 0 Å². The van der Waals surface area contributed by atoms with Gasteiger partial charge in [0.05, 0.1) is 6.61 Å². The highest BCUT2D eigenvalue weighted by atomic mass is 16.3. The molecule has 0 rings (SSSR count). The first-order valence-corrected chi connectivity index (χ1v) is 5.39.